The van der Waals surface area contributed by atoms with Crippen molar-refractivity contribution < 1.29 is 19.8 Å². The number of aromatic nitrogens is 3. The van der Waals surface area contributed by atoms with E-state index in [1.165, 1.54) is 0 Å². The van der Waals surface area contributed by atoms with Gasteiger partial charge in [-0.1, -0.05) is 23.2 Å². The van der Waals surface area contributed by atoms with E-state index in [1.54, 1.807) is 48.8 Å². The fourth-order valence-corrected chi connectivity index (χ4v) is 4.30. The Labute approximate surface area is 184 Å². The summed E-state index contributed by atoms with van der Waals surface area (Å²) in [6.45, 7) is 0. The quantitative estimate of drug-likeness (QED) is 0.228. The Kier molecular flexibility index (Phi) is 4.32. The lowest BCUT2D eigenvalue weighted by atomic mass is 9.94. The molecule has 0 saturated carbocycles. The van der Waals surface area contributed by atoms with E-state index in [2.05, 4.69) is 15.0 Å². The first-order valence-electron chi connectivity index (χ1n) is 9.11. The van der Waals surface area contributed by atoms with Crippen molar-refractivity contribution in [3.05, 3.63) is 70.2 Å². The molecule has 0 aliphatic heterocycles. The molecule has 0 saturated heterocycles. The van der Waals surface area contributed by atoms with Crippen LogP contribution in [0.15, 0.2) is 48.8 Å². The van der Waals surface area contributed by atoms with Crippen molar-refractivity contribution in [3.8, 4) is 22.3 Å². The van der Waals surface area contributed by atoms with Crippen LogP contribution in [0.1, 0.15) is 21.0 Å². The summed E-state index contributed by atoms with van der Waals surface area (Å²) in [7, 11) is 0. The van der Waals surface area contributed by atoms with Crippen molar-refractivity contribution in [2.24, 2.45) is 0 Å². The lowest BCUT2D eigenvalue weighted by molar-refractivity contribution is 0.0690. The first kappa shape index (κ1) is 19.3. The molecule has 0 radical (unpaired) electrons. The predicted molar refractivity (Wildman–Crippen MR) is 119 cm³/mol. The van der Waals surface area contributed by atoms with Crippen LogP contribution in [0.2, 0.25) is 10.0 Å². The van der Waals surface area contributed by atoms with E-state index >= 15 is 0 Å². The van der Waals surface area contributed by atoms with Crippen LogP contribution in [0.25, 0.3) is 44.1 Å². The van der Waals surface area contributed by atoms with Gasteiger partial charge in [0, 0.05) is 66.5 Å². The average molecular weight is 454 g/mol. The van der Waals surface area contributed by atoms with Gasteiger partial charge in [0.15, 0.2) is 0 Å². The van der Waals surface area contributed by atoms with Crippen LogP contribution in [0.3, 0.4) is 0 Å². The Morgan fingerprint density at radius 3 is 1.52 bits per heavy atom. The van der Waals surface area contributed by atoms with Gasteiger partial charge in [-0.3, -0.25) is 0 Å². The maximum Gasteiger partial charge on any atom is 0.352 e. The molecule has 0 amide bonds. The van der Waals surface area contributed by atoms with E-state index in [4.69, 9.17) is 23.2 Å². The summed E-state index contributed by atoms with van der Waals surface area (Å²) in [5.41, 5.74) is 2.55. The van der Waals surface area contributed by atoms with Gasteiger partial charge in [-0.25, -0.2) is 9.59 Å². The summed E-state index contributed by atoms with van der Waals surface area (Å²) in [5.74, 6) is -2.56. The first-order chi connectivity index (χ1) is 14.8. The number of rotatable bonds is 4. The maximum absolute atomic E-state index is 12.1. The number of halogens is 2. The van der Waals surface area contributed by atoms with Gasteiger partial charge in [0.25, 0.3) is 0 Å². The zero-order chi connectivity index (χ0) is 21.9. The summed E-state index contributed by atoms with van der Waals surface area (Å²) in [5, 5.41) is 22.0. The summed E-state index contributed by atoms with van der Waals surface area (Å²) < 4.78 is 0. The number of carboxylic acids is 2. The van der Waals surface area contributed by atoms with Crippen molar-refractivity contribution in [2.45, 2.75) is 0 Å². The van der Waals surface area contributed by atoms with Crippen LogP contribution in [0.5, 0.6) is 0 Å². The van der Waals surface area contributed by atoms with Crippen LogP contribution in [-0.4, -0.2) is 37.1 Å². The minimum Gasteiger partial charge on any atom is -0.477 e. The van der Waals surface area contributed by atoms with Gasteiger partial charge < -0.3 is 25.2 Å². The van der Waals surface area contributed by atoms with Crippen molar-refractivity contribution in [2.75, 3.05) is 0 Å². The topological polar surface area (TPSA) is 122 Å². The molecule has 2 aromatic carbocycles. The average Bonchev–Trinajstić information content (AvgIpc) is 3.41. The maximum atomic E-state index is 12.1. The van der Waals surface area contributed by atoms with Gasteiger partial charge in [0.05, 0.1) is 0 Å². The second-order valence-corrected chi connectivity index (χ2v) is 7.89. The standard InChI is InChI=1S/C22H13Cl2N3O4/c23-9-1-3-15-11(5-9)13(7-25-15)17-18(20(22(30)31)27-19(17)21(28)29)14-8-26-16-4-2-10(24)6-12(14)16/h1-8,25-27H,(H,28,29)(H,30,31). The van der Waals surface area contributed by atoms with Crippen molar-refractivity contribution in [3.63, 3.8) is 0 Å². The van der Waals surface area contributed by atoms with Crippen molar-refractivity contribution in [1.82, 2.24) is 15.0 Å². The molecule has 3 aromatic heterocycles. The predicted octanol–water partition coefficient (Wildman–Crippen LogP) is 6.01. The van der Waals surface area contributed by atoms with E-state index in [0.717, 1.165) is 11.0 Å². The van der Waals surface area contributed by atoms with E-state index < -0.39 is 11.9 Å². The highest BCUT2D eigenvalue weighted by Crippen LogP contribution is 2.44. The summed E-state index contributed by atoms with van der Waals surface area (Å²) in [6, 6.07) is 10.4. The third-order valence-corrected chi connectivity index (χ3v) is 5.72. The van der Waals surface area contributed by atoms with Crippen molar-refractivity contribution >= 4 is 56.9 Å². The Balaban J connectivity index is 1.94. The molecule has 0 fully saturated rings. The minimum absolute atomic E-state index is 0.232. The Morgan fingerprint density at radius 1 is 0.710 bits per heavy atom. The zero-order valence-electron chi connectivity index (χ0n) is 15.6. The molecule has 5 rings (SSSR count). The monoisotopic (exact) mass is 453 g/mol. The molecule has 5 N–H and O–H groups in total. The zero-order valence-corrected chi connectivity index (χ0v) is 17.1. The minimum atomic E-state index is -1.28. The number of hydrogen-bond acceptors (Lipinski definition) is 2. The number of hydrogen-bond donors (Lipinski definition) is 5. The van der Waals surface area contributed by atoms with Gasteiger partial charge in [-0.2, -0.15) is 0 Å². The Morgan fingerprint density at radius 2 is 1.13 bits per heavy atom. The molecule has 7 nitrogen and oxygen atoms in total. The summed E-state index contributed by atoms with van der Waals surface area (Å²) in [4.78, 5) is 33.0. The molecule has 9 heteroatoms. The normalized spacial score (nSPS) is 11.4. The first-order valence-corrected chi connectivity index (χ1v) is 9.87. The Hall–Kier alpha value is -3.68. The largest absolute Gasteiger partial charge is 0.477 e. The molecule has 31 heavy (non-hydrogen) atoms. The summed E-state index contributed by atoms with van der Waals surface area (Å²) >= 11 is 12.4. The van der Waals surface area contributed by atoms with Gasteiger partial charge in [0.1, 0.15) is 11.4 Å². The van der Waals surface area contributed by atoms with Gasteiger partial charge in [-0.05, 0) is 36.4 Å². The lowest BCUT2D eigenvalue weighted by Gasteiger charge is -2.07. The number of aromatic carboxylic acids is 2. The van der Waals surface area contributed by atoms with E-state index in [1.807, 2.05) is 0 Å². The Bertz CT molecular complexity index is 1410. The third kappa shape index (κ3) is 2.98. The molecule has 0 bridgehead atoms. The van der Waals surface area contributed by atoms with E-state index in [0.29, 0.717) is 31.9 Å². The third-order valence-electron chi connectivity index (χ3n) is 5.25. The molecule has 154 valence electrons. The van der Waals surface area contributed by atoms with Crippen LogP contribution in [-0.2, 0) is 0 Å². The van der Waals surface area contributed by atoms with Crippen molar-refractivity contribution in [1.29, 1.82) is 0 Å². The van der Waals surface area contributed by atoms with Gasteiger partial charge in [-0.15, -0.1) is 0 Å². The molecular formula is C22H13Cl2N3O4. The van der Waals surface area contributed by atoms with Gasteiger partial charge in [0.2, 0.25) is 0 Å². The van der Waals surface area contributed by atoms with Crippen LogP contribution in [0.4, 0.5) is 0 Å². The van der Waals surface area contributed by atoms with Crippen LogP contribution in [0, 0.1) is 0 Å². The number of aromatic amines is 3. The lowest BCUT2D eigenvalue weighted by Crippen LogP contribution is -2.01. The van der Waals surface area contributed by atoms with Gasteiger partial charge >= 0.3 is 11.9 Å². The fraction of sp³-hybridized carbons (Fsp3) is 0. The number of benzene rings is 2. The fourth-order valence-electron chi connectivity index (χ4n) is 3.96. The number of nitrogens with one attached hydrogen (secondary N) is 3. The van der Waals surface area contributed by atoms with Crippen LogP contribution >= 0.6 is 23.2 Å². The highest BCUT2D eigenvalue weighted by Gasteiger charge is 2.30. The van der Waals surface area contributed by atoms with E-state index in [-0.39, 0.29) is 22.5 Å². The molecule has 0 spiro atoms. The molecule has 5 aromatic rings. The molecule has 0 atom stereocenters. The SMILES string of the molecule is O=C(O)c1[nH]c(C(=O)O)c(-c2c[nH]c3ccc(Cl)cc23)c1-c1c[nH]c2ccc(Cl)cc12. The smallest absolute Gasteiger partial charge is 0.352 e. The second-order valence-electron chi connectivity index (χ2n) is 7.02. The number of fused-ring (bicyclic) bond motifs is 2. The number of carbonyl (C=O) groups is 2. The molecule has 0 aliphatic rings. The molecule has 0 unspecified atom stereocenters. The number of H-pyrrole nitrogens is 3. The van der Waals surface area contributed by atoms with Crippen LogP contribution < -0.4 is 0 Å². The van der Waals surface area contributed by atoms with E-state index in [9.17, 15) is 19.8 Å². The summed E-state index contributed by atoms with van der Waals surface area (Å²) in [6.07, 6.45) is 3.29. The highest BCUT2D eigenvalue weighted by atomic mass is 35.5. The highest BCUT2D eigenvalue weighted by molar-refractivity contribution is 6.32. The molecule has 3 heterocycles. The molecular weight excluding hydrogens is 441 g/mol. The second kappa shape index (κ2) is 6.94. The molecule has 0 aliphatic carbocycles. The number of carboxylic acid groups (broad SMARTS) is 2.